The standard InChI is InChI=1S/C35H32N4O8S2/c1-23-4-18-31(19-5-23)48(42,43)46-29-14-10-26(11-15-29)36-34(40)38-28-9-8-25(3)33(22-28)39-35(41)37-27-12-16-30(17-13-27)47-49(44,45)32-20-6-24(2)7-21-32/h4-22H,1-3H3,(H2,36,38,40)(H2,37,39,41). The number of nitrogens with one attached hydrogen (secondary N) is 4. The van der Waals surface area contributed by atoms with Gasteiger partial charge in [0.15, 0.2) is 0 Å². The van der Waals surface area contributed by atoms with Crippen LogP contribution in [0, 0.1) is 20.8 Å². The molecule has 4 N–H and O–H groups in total. The Morgan fingerprint density at radius 1 is 0.469 bits per heavy atom. The lowest BCUT2D eigenvalue weighted by molar-refractivity contribution is 0.261. The molecule has 5 aromatic rings. The minimum Gasteiger partial charge on any atom is -0.379 e. The fraction of sp³-hybridized carbons (Fsp3) is 0.0857. The van der Waals surface area contributed by atoms with Crippen molar-refractivity contribution in [1.29, 1.82) is 0 Å². The second-order valence-electron chi connectivity index (χ2n) is 10.9. The summed E-state index contributed by atoms with van der Waals surface area (Å²) in [6.07, 6.45) is 0. The largest absolute Gasteiger partial charge is 0.379 e. The summed E-state index contributed by atoms with van der Waals surface area (Å²) in [5.74, 6) is 0.157. The molecule has 0 spiro atoms. The maximum atomic E-state index is 12.7. The van der Waals surface area contributed by atoms with Crippen LogP contribution in [0.5, 0.6) is 11.5 Å². The predicted molar refractivity (Wildman–Crippen MR) is 187 cm³/mol. The van der Waals surface area contributed by atoms with Gasteiger partial charge in [0.05, 0.1) is 0 Å². The van der Waals surface area contributed by atoms with Gasteiger partial charge < -0.3 is 29.6 Å². The predicted octanol–water partition coefficient (Wildman–Crippen LogP) is 7.44. The third-order valence-corrected chi connectivity index (χ3v) is 9.52. The first-order valence-corrected chi connectivity index (χ1v) is 17.6. The molecule has 14 heteroatoms. The van der Waals surface area contributed by atoms with E-state index in [1.165, 1.54) is 72.8 Å². The van der Waals surface area contributed by atoms with Crippen LogP contribution in [0.1, 0.15) is 16.7 Å². The van der Waals surface area contributed by atoms with E-state index < -0.39 is 32.3 Å². The van der Waals surface area contributed by atoms with Gasteiger partial charge in [0, 0.05) is 22.7 Å². The minimum absolute atomic E-state index is 0.0256. The normalized spacial score (nSPS) is 11.2. The molecule has 252 valence electrons. The molecule has 0 saturated carbocycles. The molecule has 12 nitrogen and oxygen atoms in total. The van der Waals surface area contributed by atoms with Gasteiger partial charge >= 0.3 is 32.3 Å². The van der Waals surface area contributed by atoms with Crippen molar-refractivity contribution in [3.05, 3.63) is 132 Å². The van der Waals surface area contributed by atoms with Crippen LogP contribution in [0.25, 0.3) is 0 Å². The number of hydrogen-bond acceptors (Lipinski definition) is 8. The van der Waals surface area contributed by atoms with Crippen LogP contribution < -0.4 is 29.6 Å². The van der Waals surface area contributed by atoms with E-state index in [-0.39, 0.29) is 21.3 Å². The molecule has 5 aromatic carbocycles. The van der Waals surface area contributed by atoms with E-state index in [0.29, 0.717) is 22.7 Å². The van der Waals surface area contributed by atoms with Crippen molar-refractivity contribution in [2.24, 2.45) is 0 Å². The van der Waals surface area contributed by atoms with Gasteiger partial charge in [-0.2, -0.15) is 16.8 Å². The number of carbonyl (C=O) groups is 2. The summed E-state index contributed by atoms with van der Waals surface area (Å²) < 4.78 is 60.6. The highest BCUT2D eigenvalue weighted by atomic mass is 32.2. The molecule has 0 bridgehead atoms. The van der Waals surface area contributed by atoms with Crippen molar-refractivity contribution in [1.82, 2.24) is 0 Å². The zero-order valence-corrected chi connectivity index (χ0v) is 28.2. The van der Waals surface area contributed by atoms with E-state index in [0.717, 1.165) is 16.7 Å². The number of anilines is 4. The zero-order chi connectivity index (χ0) is 35.2. The lowest BCUT2D eigenvalue weighted by atomic mass is 10.2. The average molecular weight is 701 g/mol. The smallest absolute Gasteiger partial charge is 0.339 e. The van der Waals surface area contributed by atoms with Gasteiger partial charge in [0.2, 0.25) is 0 Å². The van der Waals surface area contributed by atoms with Gasteiger partial charge in [0.1, 0.15) is 21.3 Å². The van der Waals surface area contributed by atoms with E-state index in [9.17, 15) is 26.4 Å². The molecule has 0 radical (unpaired) electrons. The highest BCUT2D eigenvalue weighted by molar-refractivity contribution is 7.87. The fourth-order valence-corrected chi connectivity index (χ4v) is 6.22. The van der Waals surface area contributed by atoms with Gasteiger partial charge in [-0.25, -0.2) is 9.59 Å². The molecule has 49 heavy (non-hydrogen) atoms. The topological polar surface area (TPSA) is 169 Å². The van der Waals surface area contributed by atoms with E-state index in [1.54, 1.807) is 49.4 Å². The third-order valence-electron chi connectivity index (χ3n) is 7.00. The SMILES string of the molecule is Cc1ccc(S(=O)(=O)Oc2ccc(NC(=O)Nc3ccc(C)c(NC(=O)Nc4ccc(OS(=O)(=O)c5ccc(C)cc5)cc4)c3)cc2)cc1. The summed E-state index contributed by atoms with van der Waals surface area (Å²) in [6, 6.07) is 28.0. The van der Waals surface area contributed by atoms with E-state index >= 15 is 0 Å². The summed E-state index contributed by atoms with van der Waals surface area (Å²) in [5, 5.41) is 10.7. The van der Waals surface area contributed by atoms with Gasteiger partial charge in [-0.3, -0.25) is 0 Å². The molecule has 0 atom stereocenters. The van der Waals surface area contributed by atoms with Crippen molar-refractivity contribution in [2.75, 3.05) is 21.3 Å². The van der Waals surface area contributed by atoms with E-state index in [1.807, 2.05) is 13.8 Å². The second-order valence-corrected chi connectivity index (χ2v) is 14.0. The number of benzene rings is 5. The Bertz CT molecular complexity index is 2190. The van der Waals surface area contributed by atoms with Crippen molar-refractivity contribution in [3.63, 3.8) is 0 Å². The Balaban J connectivity index is 1.13. The van der Waals surface area contributed by atoms with Crippen molar-refractivity contribution in [2.45, 2.75) is 30.6 Å². The Hall–Kier alpha value is -5.86. The van der Waals surface area contributed by atoms with Crippen LogP contribution in [-0.2, 0) is 20.2 Å². The van der Waals surface area contributed by atoms with Crippen LogP contribution in [0.4, 0.5) is 32.3 Å². The fourth-order valence-electron chi connectivity index (χ4n) is 4.36. The van der Waals surface area contributed by atoms with Gasteiger partial charge in [-0.1, -0.05) is 41.5 Å². The Kier molecular flexibility index (Phi) is 10.2. The monoisotopic (exact) mass is 700 g/mol. The minimum atomic E-state index is -4.02. The van der Waals surface area contributed by atoms with Crippen LogP contribution in [-0.4, -0.2) is 28.9 Å². The summed E-state index contributed by atoms with van der Waals surface area (Å²) in [4.78, 5) is 25.5. The zero-order valence-electron chi connectivity index (χ0n) is 26.6. The van der Waals surface area contributed by atoms with Crippen molar-refractivity contribution >= 4 is 55.0 Å². The van der Waals surface area contributed by atoms with Gasteiger partial charge in [-0.05, 0) is 111 Å². The summed E-state index contributed by atoms with van der Waals surface area (Å²) in [7, 11) is -8.04. The van der Waals surface area contributed by atoms with Crippen LogP contribution >= 0.6 is 0 Å². The van der Waals surface area contributed by atoms with Crippen molar-refractivity contribution in [3.8, 4) is 11.5 Å². The van der Waals surface area contributed by atoms with E-state index in [4.69, 9.17) is 8.37 Å². The number of hydrogen-bond donors (Lipinski definition) is 4. The van der Waals surface area contributed by atoms with Gasteiger partial charge in [0.25, 0.3) is 0 Å². The summed E-state index contributed by atoms with van der Waals surface area (Å²) in [6.45, 7) is 5.48. The molecule has 0 fully saturated rings. The van der Waals surface area contributed by atoms with Crippen LogP contribution in [0.3, 0.4) is 0 Å². The van der Waals surface area contributed by atoms with E-state index in [2.05, 4.69) is 21.3 Å². The molecule has 0 aliphatic rings. The lowest BCUT2D eigenvalue weighted by Crippen LogP contribution is -2.21. The molecular weight excluding hydrogens is 669 g/mol. The number of carbonyl (C=O) groups excluding carboxylic acids is 2. The first kappa shape index (κ1) is 34.5. The molecular formula is C35H32N4O8S2. The first-order chi connectivity index (χ1) is 23.3. The second kappa shape index (κ2) is 14.5. The summed E-state index contributed by atoms with van der Waals surface area (Å²) in [5.41, 5.74) is 4.13. The molecule has 5 rings (SSSR count). The maximum Gasteiger partial charge on any atom is 0.339 e. The highest BCUT2D eigenvalue weighted by Gasteiger charge is 2.18. The van der Waals surface area contributed by atoms with Crippen LogP contribution in [0.15, 0.2) is 125 Å². The lowest BCUT2D eigenvalue weighted by Gasteiger charge is -2.13. The number of rotatable bonds is 10. The molecule has 0 aliphatic heterocycles. The molecule has 4 amide bonds. The Morgan fingerprint density at radius 3 is 1.27 bits per heavy atom. The molecule has 0 aliphatic carbocycles. The number of amides is 4. The third kappa shape index (κ3) is 9.37. The molecule has 0 heterocycles. The first-order valence-electron chi connectivity index (χ1n) is 14.7. The van der Waals surface area contributed by atoms with Crippen LogP contribution in [0.2, 0.25) is 0 Å². The van der Waals surface area contributed by atoms with Gasteiger partial charge in [-0.15, -0.1) is 0 Å². The molecule has 0 saturated heterocycles. The Morgan fingerprint density at radius 2 is 0.837 bits per heavy atom. The Labute approximate surface area is 284 Å². The quantitative estimate of drug-likeness (QED) is 0.109. The molecule has 0 aromatic heterocycles. The number of urea groups is 2. The van der Waals surface area contributed by atoms with Crippen molar-refractivity contribution < 1.29 is 34.8 Å². The molecule has 0 unspecified atom stereocenters. The maximum absolute atomic E-state index is 12.7. The average Bonchev–Trinajstić information content (AvgIpc) is 3.04. The number of aryl methyl sites for hydroxylation is 3. The summed E-state index contributed by atoms with van der Waals surface area (Å²) >= 11 is 0. The highest BCUT2D eigenvalue weighted by Crippen LogP contribution is 2.25.